The third-order valence-corrected chi connectivity index (χ3v) is 5.46. The fourth-order valence-corrected chi connectivity index (χ4v) is 3.63. The molecule has 7 heteroatoms. The van der Waals surface area contributed by atoms with E-state index in [1.807, 2.05) is 55.5 Å². The lowest BCUT2D eigenvalue weighted by Gasteiger charge is -2.17. The Morgan fingerprint density at radius 2 is 1.93 bits per heavy atom. The number of nitrogens with one attached hydrogen (secondary N) is 1. The summed E-state index contributed by atoms with van der Waals surface area (Å²) in [4.78, 5) is 26.9. The minimum absolute atomic E-state index is 0.0430. The number of anilines is 2. The van der Waals surface area contributed by atoms with E-state index in [2.05, 4.69) is 10.4 Å². The van der Waals surface area contributed by atoms with Gasteiger partial charge in [0.25, 0.3) is 0 Å². The summed E-state index contributed by atoms with van der Waals surface area (Å²) in [5, 5.41) is 7.85. The van der Waals surface area contributed by atoms with Gasteiger partial charge in [-0.05, 0) is 30.7 Å². The molecule has 29 heavy (non-hydrogen) atoms. The SMILES string of the molecule is Cc1ccc(N2CC(C(=O)Nc3ccnn3Cc3ccccc3Cl)CC2=O)cc1. The zero-order chi connectivity index (χ0) is 20.4. The van der Waals surface area contributed by atoms with Gasteiger partial charge in [-0.25, -0.2) is 4.68 Å². The van der Waals surface area contributed by atoms with Crippen LogP contribution in [0.2, 0.25) is 5.02 Å². The maximum Gasteiger partial charge on any atom is 0.230 e. The molecule has 1 unspecified atom stereocenters. The Morgan fingerprint density at radius 3 is 2.69 bits per heavy atom. The van der Waals surface area contributed by atoms with Crippen molar-refractivity contribution < 1.29 is 9.59 Å². The lowest BCUT2D eigenvalue weighted by Crippen LogP contribution is -2.28. The van der Waals surface area contributed by atoms with E-state index in [0.717, 1.165) is 16.8 Å². The zero-order valence-electron chi connectivity index (χ0n) is 16.0. The van der Waals surface area contributed by atoms with Gasteiger partial charge in [-0.1, -0.05) is 47.5 Å². The van der Waals surface area contributed by atoms with Gasteiger partial charge in [0, 0.05) is 29.7 Å². The first kappa shape index (κ1) is 19.2. The van der Waals surface area contributed by atoms with E-state index in [-0.39, 0.29) is 18.2 Å². The summed E-state index contributed by atoms with van der Waals surface area (Å²) < 4.78 is 1.69. The molecular weight excluding hydrogens is 388 g/mol. The maximum atomic E-state index is 12.8. The average molecular weight is 409 g/mol. The Hall–Kier alpha value is -3.12. The maximum absolute atomic E-state index is 12.8. The van der Waals surface area contributed by atoms with Crippen LogP contribution >= 0.6 is 11.6 Å². The van der Waals surface area contributed by atoms with Gasteiger partial charge in [0.1, 0.15) is 5.82 Å². The van der Waals surface area contributed by atoms with E-state index in [1.165, 1.54) is 0 Å². The number of aromatic nitrogens is 2. The number of halogens is 1. The van der Waals surface area contributed by atoms with E-state index in [4.69, 9.17) is 11.6 Å². The van der Waals surface area contributed by atoms with Crippen LogP contribution in [0, 0.1) is 12.8 Å². The van der Waals surface area contributed by atoms with Crippen molar-refractivity contribution in [1.82, 2.24) is 9.78 Å². The van der Waals surface area contributed by atoms with Gasteiger partial charge < -0.3 is 10.2 Å². The molecule has 2 heterocycles. The van der Waals surface area contributed by atoms with Crippen LogP contribution in [0.25, 0.3) is 0 Å². The minimum atomic E-state index is -0.410. The monoisotopic (exact) mass is 408 g/mol. The van der Waals surface area contributed by atoms with Crippen LogP contribution in [0.1, 0.15) is 17.5 Å². The molecule has 0 bridgehead atoms. The van der Waals surface area contributed by atoms with E-state index in [0.29, 0.717) is 23.9 Å². The number of hydrogen-bond acceptors (Lipinski definition) is 3. The Labute approximate surface area is 174 Å². The molecule has 0 saturated carbocycles. The van der Waals surface area contributed by atoms with Gasteiger partial charge in [-0.3, -0.25) is 9.59 Å². The third kappa shape index (κ3) is 4.17. The highest BCUT2D eigenvalue weighted by atomic mass is 35.5. The van der Waals surface area contributed by atoms with Gasteiger partial charge in [0.2, 0.25) is 11.8 Å². The number of rotatable bonds is 5. The Kier molecular flexibility index (Phi) is 5.36. The number of benzene rings is 2. The molecule has 1 N–H and O–H groups in total. The molecular formula is C22H21ClN4O2. The van der Waals surface area contributed by atoms with Crippen molar-refractivity contribution in [3.63, 3.8) is 0 Å². The standard InChI is InChI=1S/C22H21ClN4O2/c1-15-6-8-18(9-7-15)26-13-17(12-21(26)28)22(29)25-20-10-11-24-27(20)14-16-4-2-3-5-19(16)23/h2-11,17H,12-14H2,1H3,(H,25,29). The fourth-order valence-electron chi connectivity index (χ4n) is 3.44. The molecule has 1 atom stereocenters. The predicted molar refractivity (Wildman–Crippen MR) is 113 cm³/mol. The molecule has 1 aliphatic rings. The van der Waals surface area contributed by atoms with Crippen molar-refractivity contribution in [2.45, 2.75) is 19.9 Å². The Morgan fingerprint density at radius 1 is 1.17 bits per heavy atom. The van der Waals surface area contributed by atoms with E-state index in [9.17, 15) is 9.59 Å². The molecule has 4 rings (SSSR count). The van der Waals surface area contributed by atoms with Gasteiger partial charge in [0.15, 0.2) is 0 Å². The van der Waals surface area contributed by atoms with Crippen molar-refractivity contribution in [1.29, 1.82) is 0 Å². The Balaban J connectivity index is 1.44. The molecule has 1 fully saturated rings. The minimum Gasteiger partial charge on any atom is -0.312 e. The summed E-state index contributed by atoms with van der Waals surface area (Å²) in [6.07, 6.45) is 1.82. The average Bonchev–Trinajstić information content (AvgIpc) is 3.31. The molecule has 1 saturated heterocycles. The number of hydrogen-bond donors (Lipinski definition) is 1. The van der Waals surface area contributed by atoms with Crippen LogP contribution in [0.5, 0.6) is 0 Å². The van der Waals surface area contributed by atoms with Crippen molar-refractivity contribution in [3.05, 3.63) is 76.9 Å². The molecule has 2 aromatic carbocycles. The topological polar surface area (TPSA) is 67.2 Å². The quantitative estimate of drug-likeness (QED) is 0.696. The number of carbonyl (C=O) groups is 2. The summed E-state index contributed by atoms with van der Waals surface area (Å²) in [5.41, 5.74) is 2.86. The number of amides is 2. The molecule has 2 amide bonds. The summed E-state index contributed by atoms with van der Waals surface area (Å²) in [5.74, 6) is -0.0592. The van der Waals surface area contributed by atoms with Crippen LogP contribution in [-0.4, -0.2) is 28.1 Å². The number of aryl methyl sites for hydroxylation is 1. The van der Waals surface area contributed by atoms with Crippen LogP contribution < -0.4 is 10.2 Å². The molecule has 0 aliphatic carbocycles. The lowest BCUT2D eigenvalue weighted by molar-refractivity contribution is -0.122. The van der Waals surface area contributed by atoms with Crippen LogP contribution in [0.4, 0.5) is 11.5 Å². The molecule has 6 nitrogen and oxygen atoms in total. The van der Waals surface area contributed by atoms with Crippen molar-refractivity contribution in [3.8, 4) is 0 Å². The van der Waals surface area contributed by atoms with Crippen LogP contribution in [-0.2, 0) is 16.1 Å². The molecule has 1 aliphatic heterocycles. The van der Waals surface area contributed by atoms with E-state index in [1.54, 1.807) is 21.8 Å². The van der Waals surface area contributed by atoms with Gasteiger partial charge in [0.05, 0.1) is 18.7 Å². The molecule has 0 radical (unpaired) electrons. The first-order valence-electron chi connectivity index (χ1n) is 9.44. The van der Waals surface area contributed by atoms with Crippen molar-refractivity contribution in [2.75, 3.05) is 16.8 Å². The summed E-state index contributed by atoms with van der Waals surface area (Å²) in [7, 11) is 0. The zero-order valence-corrected chi connectivity index (χ0v) is 16.8. The predicted octanol–water partition coefficient (Wildman–Crippen LogP) is 3.88. The highest BCUT2D eigenvalue weighted by Crippen LogP contribution is 2.26. The molecule has 3 aromatic rings. The molecule has 0 spiro atoms. The first-order chi connectivity index (χ1) is 14.0. The summed E-state index contributed by atoms with van der Waals surface area (Å²) >= 11 is 6.23. The highest BCUT2D eigenvalue weighted by molar-refractivity contribution is 6.31. The smallest absolute Gasteiger partial charge is 0.230 e. The number of carbonyl (C=O) groups excluding carboxylic acids is 2. The lowest BCUT2D eigenvalue weighted by atomic mass is 10.1. The van der Waals surface area contributed by atoms with Crippen molar-refractivity contribution >= 4 is 34.9 Å². The van der Waals surface area contributed by atoms with Crippen LogP contribution in [0.15, 0.2) is 60.8 Å². The normalized spacial score (nSPS) is 16.3. The van der Waals surface area contributed by atoms with Gasteiger partial charge in [-0.2, -0.15) is 5.10 Å². The second-order valence-electron chi connectivity index (χ2n) is 7.20. The second kappa shape index (κ2) is 8.09. The fraction of sp³-hybridized carbons (Fsp3) is 0.227. The summed E-state index contributed by atoms with van der Waals surface area (Å²) in [6, 6.07) is 17.0. The van der Waals surface area contributed by atoms with Crippen LogP contribution in [0.3, 0.4) is 0 Å². The van der Waals surface area contributed by atoms with Gasteiger partial charge in [-0.15, -0.1) is 0 Å². The molecule has 148 valence electrons. The number of nitrogens with zero attached hydrogens (tertiary/aromatic N) is 3. The molecule has 1 aromatic heterocycles. The van der Waals surface area contributed by atoms with E-state index >= 15 is 0 Å². The Bertz CT molecular complexity index is 1040. The summed E-state index contributed by atoms with van der Waals surface area (Å²) in [6.45, 7) is 2.81. The van der Waals surface area contributed by atoms with Gasteiger partial charge >= 0.3 is 0 Å². The van der Waals surface area contributed by atoms with Crippen molar-refractivity contribution in [2.24, 2.45) is 5.92 Å². The third-order valence-electron chi connectivity index (χ3n) is 5.09. The second-order valence-corrected chi connectivity index (χ2v) is 7.60. The highest BCUT2D eigenvalue weighted by Gasteiger charge is 2.35. The van der Waals surface area contributed by atoms with E-state index < -0.39 is 5.92 Å². The largest absolute Gasteiger partial charge is 0.312 e. The first-order valence-corrected chi connectivity index (χ1v) is 9.82.